The van der Waals surface area contributed by atoms with E-state index in [9.17, 15) is 4.79 Å². The molecule has 3 heteroatoms. The Balaban J connectivity index is 2.66. The third-order valence-electron chi connectivity index (χ3n) is 3.93. The molecule has 1 aromatic heterocycles. The summed E-state index contributed by atoms with van der Waals surface area (Å²) in [5, 5.41) is 4.76. The molecule has 0 aliphatic carbocycles. The molecule has 3 aromatic rings. The van der Waals surface area contributed by atoms with Gasteiger partial charge in [0.15, 0.2) is 0 Å². The first kappa shape index (κ1) is 12.7. The summed E-state index contributed by atoms with van der Waals surface area (Å²) in [7, 11) is 4.03. The van der Waals surface area contributed by atoms with Gasteiger partial charge in [0.25, 0.3) is 5.56 Å². The van der Waals surface area contributed by atoms with Crippen LogP contribution in [0.15, 0.2) is 35.1 Å². The lowest BCUT2D eigenvalue weighted by Crippen LogP contribution is -2.32. The Labute approximate surface area is 117 Å². The standard InChI is InChI=1S/C17H18N2O/c1-5-19-11(2)12-9-10-15(18(3)4)13-7-6-8-14(16(12)13)17(19)20/h6-10H,2,5H2,1,3-4H3. The summed E-state index contributed by atoms with van der Waals surface area (Å²) < 4.78 is 1.74. The van der Waals surface area contributed by atoms with Crippen molar-refractivity contribution in [3.8, 4) is 0 Å². The first-order valence-electron chi connectivity index (χ1n) is 6.80. The van der Waals surface area contributed by atoms with E-state index in [1.807, 2.05) is 33.2 Å². The maximum Gasteiger partial charge on any atom is 0.258 e. The van der Waals surface area contributed by atoms with Gasteiger partial charge in [-0.15, -0.1) is 0 Å². The Hall–Kier alpha value is -2.29. The van der Waals surface area contributed by atoms with E-state index in [0.717, 1.165) is 32.6 Å². The number of benzene rings is 2. The van der Waals surface area contributed by atoms with Crippen molar-refractivity contribution in [2.24, 2.45) is 0 Å². The molecule has 0 aliphatic heterocycles. The van der Waals surface area contributed by atoms with Crippen molar-refractivity contribution >= 4 is 33.8 Å². The Kier molecular flexibility index (Phi) is 2.78. The molecule has 102 valence electrons. The number of anilines is 1. The molecular weight excluding hydrogens is 248 g/mol. The van der Waals surface area contributed by atoms with E-state index >= 15 is 0 Å². The third kappa shape index (κ3) is 1.56. The van der Waals surface area contributed by atoms with Gasteiger partial charge in [0.2, 0.25) is 0 Å². The highest BCUT2D eigenvalue weighted by Crippen LogP contribution is 2.30. The van der Waals surface area contributed by atoms with Gasteiger partial charge >= 0.3 is 0 Å². The molecule has 0 fully saturated rings. The van der Waals surface area contributed by atoms with Crippen LogP contribution in [0.2, 0.25) is 0 Å². The summed E-state index contributed by atoms with van der Waals surface area (Å²) in [6, 6.07) is 10.1. The summed E-state index contributed by atoms with van der Waals surface area (Å²) in [6.07, 6.45) is 0. The lowest BCUT2D eigenvalue weighted by Gasteiger charge is -2.18. The smallest absolute Gasteiger partial charge is 0.258 e. The fourth-order valence-electron chi connectivity index (χ4n) is 2.95. The van der Waals surface area contributed by atoms with E-state index in [2.05, 4.69) is 29.7 Å². The van der Waals surface area contributed by atoms with E-state index in [1.54, 1.807) is 4.57 Å². The van der Waals surface area contributed by atoms with Crippen LogP contribution in [0.5, 0.6) is 0 Å². The minimum absolute atomic E-state index is 0.0477. The van der Waals surface area contributed by atoms with Gasteiger partial charge in [0, 0.05) is 53.2 Å². The maximum atomic E-state index is 12.6. The summed E-state index contributed by atoms with van der Waals surface area (Å²) in [5.41, 5.74) is 1.17. The fraction of sp³-hybridized carbons (Fsp3) is 0.235. The van der Waals surface area contributed by atoms with Gasteiger partial charge in [-0.25, -0.2) is 0 Å². The van der Waals surface area contributed by atoms with Crippen molar-refractivity contribution in [2.75, 3.05) is 19.0 Å². The van der Waals surface area contributed by atoms with Gasteiger partial charge in [-0.2, -0.15) is 0 Å². The van der Waals surface area contributed by atoms with E-state index < -0.39 is 0 Å². The van der Waals surface area contributed by atoms with E-state index in [4.69, 9.17) is 0 Å². The predicted octanol–water partition coefficient (Wildman–Crippen LogP) is 2.37. The van der Waals surface area contributed by atoms with Gasteiger partial charge < -0.3 is 9.47 Å². The second kappa shape index (κ2) is 4.37. The van der Waals surface area contributed by atoms with Gasteiger partial charge in [-0.05, 0) is 19.1 Å². The van der Waals surface area contributed by atoms with E-state index in [1.165, 1.54) is 0 Å². The van der Waals surface area contributed by atoms with Crippen molar-refractivity contribution in [1.82, 2.24) is 4.57 Å². The van der Waals surface area contributed by atoms with Crippen molar-refractivity contribution in [3.05, 3.63) is 46.0 Å². The zero-order valence-corrected chi connectivity index (χ0v) is 12.1. The highest BCUT2D eigenvalue weighted by atomic mass is 16.1. The van der Waals surface area contributed by atoms with E-state index in [0.29, 0.717) is 6.54 Å². The predicted molar refractivity (Wildman–Crippen MR) is 86.5 cm³/mol. The van der Waals surface area contributed by atoms with Crippen molar-refractivity contribution in [3.63, 3.8) is 0 Å². The van der Waals surface area contributed by atoms with Crippen LogP contribution < -0.4 is 15.8 Å². The van der Waals surface area contributed by atoms with Crippen LogP contribution in [0, 0.1) is 0 Å². The van der Waals surface area contributed by atoms with Crippen LogP contribution in [0.3, 0.4) is 0 Å². The Bertz CT molecular complexity index is 874. The third-order valence-corrected chi connectivity index (χ3v) is 3.93. The van der Waals surface area contributed by atoms with Crippen LogP contribution in [0.1, 0.15) is 6.92 Å². The summed E-state index contributed by atoms with van der Waals surface area (Å²) in [6.45, 7) is 6.72. The SMILES string of the molecule is C=c1c2ccc(N(C)C)c3cccc(c(=O)n1CC)c32. The topological polar surface area (TPSA) is 25.2 Å². The van der Waals surface area contributed by atoms with Crippen LogP contribution in [-0.4, -0.2) is 18.7 Å². The van der Waals surface area contributed by atoms with Crippen molar-refractivity contribution in [1.29, 1.82) is 0 Å². The number of rotatable bonds is 2. The molecular formula is C17H18N2O. The number of aromatic nitrogens is 1. The van der Waals surface area contributed by atoms with E-state index in [-0.39, 0.29) is 5.56 Å². The van der Waals surface area contributed by atoms with Gasteiger partial charge in [-0.1, -0.05) is 24.8 Å². The number of hydrogen-bond acceptors (Lipinski definition) is 2. The van der Waals surface area contributed by atoms with Crippen LogP contribution >= 0.6 is 0 Å². The molecule has 0 bridgehead atoms. The molecule has 1 heterocycles. The molecule has 0 N–H and O–H groups in total. The molecule has 0 aliphatic rings. The zero-order valence-electron chi connectivity index (χ0n) is 12.1. The fourth-order valence-corrected chi connectivity index (χ4v) is 2.95. The molecule has 0 atom stereocenters. The summed E-state index contributed by atoms with van der Waals surface area (Å²) >= 11 is 0. The van der Waals surface area contributed by atoms with Crippen molar-refractivity contribution in [2.45, 2.75) is 13.5 Å². The minimum Gasteiger partial charge on any atom is -0.377 e. The molecule has 20 heavy (non-hydrogen) atoms. The molecule has 0 spiro atoms. The summed E-state index contributed by atoms with van der Waals surface area (Å²) in [4.78, 5) is 14.6. The van der Waals surface area contributed by atoms with Crippen LogP contribution in [-0.2, 0) is 6.54 Å². The van der Waals surface area contributed by atoms with Gasteiger partial charge in [0.05, 0.1) is 0 Å². The Morgan fingerprint density at radius 1 is 1.10 bits per heavy atom. The highest BCUT2D eigenvalue weighted by Gasteiger charge is 2.12. The average Bonchev–Trinajstić information content (AvgIpc) is 2.44. The Morgan fingerprint density at radius 2 is 1.80 bits per heavy atom. The molecule has 0 radical (unpaired) electrons. The lowest BCUT2D eigenvalue weighted by atomic mass is 10.00. The van der Waals surface area contributed by atoms with Gasteiger partial charge in [-0.3, -0.25) is 4.79 Å². The second-order valence-corrected chi connectivity index (χ2v) is 5.25. The molecule has 0 saturated heterocycles. The summed E-state index contributed by atoms with van der Waals surface area (Å²) in [5.74, 6) is 0. The minimum atomic E-state index is 0.0477. The number of hydrogen-bond donors (Lipinski definition) is 0. The number of nitrogens with zero attached hydrogens (tertiary/aromatic N) is 2. The van der Waals surface area contributed by atoms with Gasteiger partial charge in [0.1, 0.15) is 0 Å². The molecule has 0 amide bonds. The maximum absolute atomic E-state index is 12.6. The normalized spacial score (nSPS) is 11.3. The largest absolute Gasteiger partial charge is 0.377 e. The monoisotopic (exact) mass is 266 g/mol. The zero-order chi connectivity index (χ0) is 14.4. The molecule has 2 aromatic carbocycles. The highest BCUT2D eigenvalue weighted by molar-refractivity contribution is 6.14. The first-order valence-corrected chi connectivity index (χ1v) is 6.80. The molecule has 0 saturated carbocycles. The first-order chi connectivity index (χ1) is 9.56. The average molecular weight is 266 g/mol. The molecule has 3 nitrogen and oxygen atoms in total. The quantitative estimate of drug-likeness (QED) is 0.711. The molecule has 0 unspecified atom stereocenters. The van der Waals surface area contributed by atoms with Crippen LogP contribution in [0.4, 0.5) is 5.69 Å². The molecule has 3 rings (SSSR count). The number of pyridine rings is 1. The second-order valence-electron chi connectivity index (χ2n) is 5.25. The van der Waals surface area contributed by atoms with Crippen molar-refractivity contribution < 1.29 is 0 Å². The lowest BCUT2D eigenvalue weighted by molar-refractivity contribution is 0.717. The Morgan fingerprint density at radius 3 is 2.45 bits per heavy atom. The van der Waals surface area contributed by atoms with Crippen LogP contribution in [0.25, 0.3) is 28.1 Å².